The summed E-state index contributed by atoms with van der Waals surface area (Å²) in [5.74, 6) is 0.194. The highest BCUT2D eigenvalue weighted by Crippen LogP contribution is 2.28. The van der Waals surface area contributed by atoms with Crippen LogP contribution in [0.2, 0.25) is 5.02 Å². The quantitative estimate of drug-likeness (QED) is 0.248. The Labute approximate surface area is 184 Å². The van der Waals surface area contributed by atoms with E-state index in [4.69, 9.17) is 25.8 Å². The van der Waals surface area contributed by atoms with Gasteiger partial charge in [-0.15, -0.1) is 0 Å². The first-order valence-corrected chi connectivity index (χ1v) is 9.58. The van der Waals surface area contributed by atoms with Gasteiger partial charge in [0.1, 0.15) is 5.75 Å². The third-order valence-corrected chi connectivity index (χ3v) is 4.24. The Morgan fingerprint density at radius 3 is 2.45 bits per heavy atom. The summed E-state index contributed by atoms with van der Waals surface area (Å²) in [5.41, 5.74) is 3.37. The lowest BCUT2D eigenvalue weighted by Crippen LogP contribution is -2.24. The average molecular weight is 439 g/mol. The van der Waals surface area contributed by atoms with Crippen molar-refractivity contribution in [2.24, 2.45) is 5.10 Å². The molecule has 0 aliphatic carbocycles. The van der Waals surface area contributed by atoms with Crippen molar-refractivity contribution in [2.45, 2.75) is 0 Å². The van der Waals surface area contributed by atoms with Crippen molar-refractivity contribution in [3.63, 3.8) is 0 Å². The van der Waals surface area contributed by atoms with Crippen LogP contribution in [0, 0.1) is 0 Å². The van der Waals surface area contributed by atoms with Crippen LogP contribution >= 0.6 is 11.6 Å². The molecular weight excluding hydrogens is 420 g/mol. The minimum absolute atomic E-state index is 0.207. The first-order valence-electron chi connectivity index (χ1n) is 9.20. The van der Waals surface area contributed by atoms with Crippen molar-refractivity contribution in [1.82, 2.24) is 5.43 Å². The van der Waals surface area contributed by atoms with Gasteiger partial charge in [0.05, 0.1) is 18.9 Å². The van der Waals surface area contributed by atoms with E-state index in [0.29, 0.717) is 27.6 Å². The highest BCUT2D eigenvalue weighted by Gasteiger charge is 2.12. The molecule has 0 fully saturated rings. The molecule has 3 aromatic rings. The third kappa shape index (κ3) is 6.58. The van der Waals surface area contributed by atoms with Gasteiger partial charge in [0, 0.05) is 5.02 Å². The molecule has 0 unspecified atom stereocenters. The highest BCUT2D eigenvalue weighted by molar-refractivity contribution is 6.30. The maximum atomic E-state index is 12.3. The Hall–Kier alpha value is -3.84. The minimum Gasteiger partial charge on any atom is -0.493 e. The van der Waals surface area contributed by atoms with Gasteiger partial charge in [0.15, 0.2) is 18.1 Å². The normalized spacial score (nSPS) is 10.5. The number of ether oxygens (including phenoxy) is 3. The summed E-state index contributed by atoms with van der Waals surface area (Å²) in [4.78, 5) is 24.2. The van der Waals surface area contributed by atoms with Crippen molar-refractivity contribution in [3.8, 4) is 17.2 Å². The topological polar surface area (TPSA) is 86.2 Å². The summed E-state index contributed by atoms with van der Waals surface area (Å²) in [6, 6.07) is 20.2. The number of halogens is 1. The van der Waals surface area contributed by atoms with Crippen molar-refractivity contribution in [1.29, 1.82) is 0 Å². The molecule has 0 aromatic heterocycles. The molecule has 1 N–H and O–H groups in total. The standard InChI is InChI=1S/C23H19ClN2O5/c1-29-20-12-7-16(13-21(20)31-23(28)17-5-3-2-4-6-17)14-25-26-22(27)15-30-19-10-8-18(24)9-11-19/h2-14H,15H2,1H3,(H,26,27)/b25-14+. The van der Waals surface area contributed by atoms with Gasteiger partial charge in [0.2, 0.25) is 0 Å². The molecule has 0 spiro atoms. The Bertz CT molecular complexity index is 1070. The molecule has 3 rings (SSSR count). The number of nitrogens with zero attached hydrogens (tertiary/aromatic N) is 1. The summed E-state index contributed by atoms with van der Waals surface area (Å²) in [5, 5.41) is 4.47. The van der Waals surface area contributed by atoms with Crippen molar-refractivity contribution in [3.05, 3.63) is 88.9 Å². The van der Waals surface area contributed by atoms with E-state index in [1.807, 2.05) is 6.07 Å². The number of hydrazone groups is 1. The molecule has 158 valence electrons. The Morgan fingerprint density at radius 1 is 1.00 bits per heavy atom. The lowest BCUT2D eigenvalue weighted by atomic mass is 10.2. The predicted octanol–water partition coefficient (Wildman–Crippen LogP) is 4.10. The van der Waals surface area contributed by atoms with E-state index >= 15 is 0 Å². The molecule has 31 heavy (non-hydrogen) atoms. The van der Waals surface area contributed by atoms with E-state index in [2.05, 4.69) is 10.5 Å². The lowest BCUT2D eigenvalue weighted by Gasteiger charge is -2.10. The molecular formula is C23H19ClN2O5. The molecule has 3 aromatic carbocycles. The van der Waals surface area contributed by atoms with Gasteiger partial charge in [-0.3, -0.25) is 4.79 Å². The molecule has 7 nitrogen and oxygen atoms in total. The van der Waals surface area contributed by atoms with Crippen molar-refractivity contribution in [2.75, 3.05) is 13.7 Å². The lowest BCUT2D eigenvalue weighted by molar-refractivity contribution is -0.123. The Morgan fingerprint density at radius 2 is 1.74 bits per heavy atom. The average Bonchev–Trinajstić information content (AvgIpc) is 2.79. The fourth-order valence-electron chi connectivity index (χ4n) is 2.48. The fraction of sp³-hybridized carbons (Fsp3) is 0.0870. The molecule has 0 saturated heterocycles. The number of methoxy groups -OCH3 is 1. The largest absolute Gasteiger partial charge is 0.493 e. The summed E-state index contributed by atoms with van der Waals surface area (Å²) < 4.78 is 16.0. The van der Waals surface area contributed by atoms with Crippen LogP contribution in [0.4, 0.5) is 0 Å². The predicted molar refractivity (Wildman–Crippen MR) is 117 cm³/mol. The van der Waals surface area contributed by atoms with Crippen LogP contribution in [0.25, 0.3) is 0 Å². The second-order valence-electron chi connectivity index (χ2n) is 6.20. The van der Waals surface area contributed by atoms with Gasteiger partial charge >= 0.3 is 5.97 Å². The number of esters is 1. The van der Waals surface area contributed by atoms with Gasteiger partial charge in [-0.25, -0.2) is 10.2 Å². The number of nitrogens with one attached hydrogen (secondary N) is 1. The molecule has 0 bridgehead atoms. The summed E-state index contributed by atoms with van der Waals surface area (Å²) in [6.45, 7) is -0.207. The van der Waals surface area contributed by atoms with Crippen LogP contribution < -0.4 is 19.6 Å². The van der Waals surface area contributed by atoms with Crippen LogP contribution in [0.3, 0.4) is 0 Å². The van der Waals surface area contributed by atoms with Gasteiger partial charge in [0.25, 0.3) is 5.91 Å². The van der Waals surface area contributed by atoms with E-state index < -0.39 is 11.9 Å². The zero-order chi connectivity index (χ0) is 22.1. The van der Waals surface area contributed by atoms with Crippen molar-refractivity contribution >= 4 is 29.7 Å². The first kappa shape index (κ1) is 21.9. The maximum Gasteiger partial charge on any atom is 0.343 e. The number of rotatable bonds is 8. The number of amides is 1. The summed E-state index contributed by atoms with van der Waals surface area (Å²) >= 11 is 5.80. The highest BCUT2D eigenvalue weighted by atomic mass is 35.5. The number of carbonyl (C=O) groups excluding carboxylic acids is 2. The number of hydrogen-bond donors (Lipinski definition) is 1. The second kappa shape index (κ2) is 10.8. The zero-order valence-corrected chi connectivity index (χ0v) is 17.3. The summed E-state index contributed by atoms with van der Waals surface area (Å²) in [6.07, 6.45) is 1.42. The first-order chi connectivity index (χ1) is 15.0. The van der Waals surface area contributed by atoms with E-state index in [-0.39, 0.29) is 12.4 Å². The van der Waals surface area contributed by atoms with Crippen LogP contribution in [0.1, 0.15) is 15.9 Å². The third-order valence-electron chi connectivity index (χ3n) is 3.99. The van der Waals surface area contributed by atoms with E-state index in [0.717, 1.165) is 0 Å². The molecule has 0 heterocycles. The number of benzene rings is 3. The Kier molecular flexibility index (Phi) is 7.61. The molecule has 0 radical (unpaired) electrons. The monoisotopic (exact) mass is 438 g/mol. The van der Waals surface area contributed by atoms with E-state index in [9.17, 15) is 9.59 Å². The van der Waals surface area contributed by atoms with Gasteiger partial charge in [-0.2, -0.15) is 5.10 Å². The fourth-order valence-corrected chi connectivity index (χ4v) is 2.60. The molecule has 8 heteroatoms. The Balaban J connectivity index is 1.58. The molecule has 0 saturated carbocycles. The van der Waals surface area contributed by atoms with Crippen LogP contribution in [-0.2, 0) is 4.79 Å². The maximum absolute atomic E-state index is 12.3. The zero-order valence-electron chi connectivity index (χ0n) is 16.6. The molecule has 0 aliphatic rings. The second-order valence-corrected chi connectivity index (χ2v) is 6.64. The number of carbonyl (C=O) groups is 2. The van der Waals surface area contributed by atoms with Crippen LogP contribution in [0.5, 0.6) is 17.2 Å². The van der Waals surface area contributed by atoms with Gasteiger partial charge < -0.3 is 14.2 Å². The number of hydrogen-bond acceptors (Lipinski definition) is 6. The SMILES string of the molecule is COc1ccc(/C=N/NC(=O)COc2ccc(Cl)cc2)cc1OC(=O)c1ccccc1. The molecule has 0 aliphatic heterocycles. The molecule has 0 atom stereocenters. The van der Waals surface area contributed by atoms with Crippen molar-refractivity contribution < 1.29 is 23.8 Å². The minimum atomic E-state index is -0.513. The van der Waals surface area contributed by atoms with E-state index in [1.54, 1.807) is 66.7 Å². The van der Waals surface area contributed by atoms with Gasteiger partial charge in [-0.05, 0) is 60.2 Å². The van der Waals surface area contributed by atoms with Gasteiger partial charge in [-0.1, -0.05) is 29.8 Å². The van der Waals surface area contributed by atoms with Crippen LogP contribution in [-0.4, -0.2) is 31.8 Å². The molecule has 1 amide bonds. The van der Waals surface area contributed by atoms with Crippen LogP contribution in [0.15, 0.2) is 77.9 Å². The smallest absolute Gasteiger partial charge is 0.343 e. The summed E-state index contributed by atoms with van der Waals surface area (Å²) in [7, 11) is 1.48. The van der Waals surface area contributed by atoms with E-state index in [1.165, 1.54) is 13.3 Å².